The Morgan fingerprint density at radius 1 is 1.20 bits per heavy atom. The van der Waals surface area contributed by atoms with Gasteiger partial charge in [-0.3, -0.25) is 9.52 Å². The molecular weight excluding hydrogens is 440 g/mol. The number of hydrogen-bond acceptors (Lipinski definition) is 5. The predicted molar refractivity (Wildman–Crippen MR) is 113 cm³/mol. The molecule has 1 heterocycles. The van der Waals surface area contributed by atoms with E-state index in [4.69, 9.17) is 11.6 Å². The molecule has 0 aliphatic rings. The maximum absolute atomic E-state index is 14.5. The highest BCUT2D eigenvalue weighted by Gasteiger charge is 2.23. The Balaban J connectivity index is 2.15. The molecule has 0 amide bonds. The molecule has 0 fully saturated rings. The van der Waals surface area contributed by atoms with Crippen LogP contribution in [0.5, 0.6) is 0 Å². The molecule has 30 heavy (non-hydrogen) atoms. The largest absolute Gasteiger partial charge is 0.352 e. The van der Waals surface area contributed by atoms with Crippen molar-refractivity contribution in [2.45, 2.75) is 6.92 Å². The summed E-state index contributed by atoms with van der Waals surface area (Å²) in [6.07, 6.45) is 1.38. The van der Waals surface area contributed by atoms with Gasteiger partial charge < -0.3 is 9.88 Å². The Morgan fingerprint density at radius 2 is 1.87 bits per heavy atom. The van der Waals surface area contributed by atoms with Crippen LogP contribution in [0.15, 0.2) is 29.3 Å². The van der Waals surface area contributed by atoms with E-state index in [-0.39, 0.29) is 22.0 Å². The SMILES string of the molecule is Cc1c(Nc2c(F)c(F)cc(NS(=O)(=O)N(C)C)c2Cl)ccc2ncn(C)c(=O)c12. The summed E-state index contributed by atoms with van der Waals surface area (Å²) < 4.78 is 57.1. The van der Waals surface area contributed by atoms with Crippen molar-refractivity contribution >= 4 is 49.8 Å². The van der Waals surface area contributed by atoms with Crippen LogP contribution in [0.25, 0.3) is 10.9 Å². The second kappa shape index (κ2) is 7.82. The molecule has 0 atom stereocenters. The van der Waals surface area contributed by atoms with Crippen molar-refractivity contribution in [1.29, 1.82) is 0 Å². The summed E-state index contributed by atoms with van der Waals surface area (Å²) in [6.45, 7) is 1.62. The molecule has 1 aromatic heterocycles. The molecule has 0 saturated carbocycles. The summed E-state index contributed by atoms with van der Waals surface area (Å²) >= 11 is 6.18. The van der Waals surface area contributed by atoms with Crippen molar-refractivity contribution in [2.24, 2.45) is 7.05 Å². The summed E-state index contributed by atoms with van der Waals surface area (Å²) in [6, 6.07) is 3.73. The second-order valence-corrected chi connectivity index (χ2v) is 8.98. The second-order valence-electron chi connectivity index (χ2n) is 6.72. The van der Waals surface area contributed by atoms with Gasteiger partial charge in [0, 0.05) is 32.9 Å². The molecule has 0 radical (unpaired) electrons. The fourth-order valence-electron chi connectivity index (χ4n) is 2.74. The van der Waals surface area contributed by atoms with Crippen molar-refractivity contribution in [3.63, 3.8) is 0 Å². The van der Waals surface area contributed by atoms with Gasteiger partial charge in [0.25, 0.3) is 5.56 Å². The number of benzene rings is 2. The zero-order valence-electron chi connectivity index (χ0n) is 16.4. The molecule has 0 bridgehead atoms. The van der Waals surface area contributed by atoms with Crippen LogP contribution in [0, 0.1) is 18.6 Å². The van der Waals surface area contributed by atoms with Gasteiger partial charge in [-0.05, 0) is 24.6 Å². The summed E-state index contributed by atoms with van der Waals surface area (Å²) in [4.78, 5) is 16.6. The first-order chi connectivity index (χ1) is 13.9. The fourth-order valence-corrected chi connectivity index (χ4v) is 3.65. The third-order valence-corrected chi connectivity index (χ3v) is 6.31. The molecule has 2 N–H and O–H groups in total. The maximum atomic E-state index is 14.5. The summed E-state index contributed by atoms with van der Waals surface area (Å²) in [7, 11) is 0.0638. The van der Waals surface area contributed by atoms with Gasteiger partial charge in [-0.15, -0.1) is 0 Å². The van der Waals surface area contributed by atoms with Gasteiger partial charge >= 0.3 is 10.2 Å². The highest BCUT2D eigenvalue weighted by molar-refractivity contribution is 7.90. The Labute approximate surface area is 176 Å². The number of nitrogens with one attached hydrogen (secondary N) is 2. The molecule has 0 saturated heterocycles. The van der Waals surface area contributed by atoms with Crippen LogP contribution in [-0.4, -0.2) is 36.4 Å². The van der Waals surface area contributed by atoms with E-state index >= 15 is 0 Å². The van der Waals surface area contributed by atoms with Gasteiger partial charge in [0.15, 0.2) is 11.6 Å². The predicted octanol–water partition coefficient (Wildman–Crippen LogP) is 3.14. The minimum absolute atomic E-state index is 0.278. The Bertz CT molecular complexity index is 1330. The van der Waals surface area contributed by atoms with Crippen molar-refractivity contribution < 1.29 is 17.2 Å². The van der Waals surface area contributed by atoms with E-state index in [1.165, 1.54) is 31.1 Å². The van der Waals surface area contributed by atoms with Crippen molar-refractivity contribution in [2.75, 3.05) is 24.1 Å². The maximum Gasteiger partial charge on any atom is 0.301 e. The van der Waals surface area contributed by atoms with E-state index < -0.39 is 27.5 Å². The number of anilines is 3. The molecule has 12 heteroatoms. The third kappa shape index (κ3) is 3.83. The molecule has 0 spiro atoms. The van der Waals surface area contributed by atoms with Crippen molar-refractivity contribution in [3.05, 3.63) is 57.1 Å². The minimum Gasteiger partial charge on any atom is -0.352 e. The zero-order valence-corrected chi connectivity index (χ0v) is 18.0. The topological polar surface area (TPSA) is 96.3 Å². The number of rotatable bonds is 5. The molecule has 3 aromatic rings. The molecule has 160 valence electrons. The number of aryl methyl sites for hydroxylation is 2. The van der Waals surface area contributed by atoms with Gasteiger partial charge in [0.05, 0.1) is 33.6 Å². The van der Waals surface area contributed by atoms with E-state index in [0.29, 0.717) is 22.5 Å². The van der Waals surface area contributed by atoms with E-state index in [1.807, 2.05) is 0 Å². The lowest BCUT2D eigenvalue weighted by molar-refractivity contribution is 0.511. The van der Waals surface area contributed by atoms with E-state index in [1.54, 1.807) is 20.0 Å². The molecule has 3 rings (SSSR count). The lowest BCUT2D eigenvalue weighted by Gasteiger charge is -2.18. The molecule has 8 nitrogen and oxygen atoms in total. The Hall–Kier alpha value is -2.76. The molecule has 0 aliphatic carbocycles. The first kappa shape index (κ1) is 21.9. The van der Waals surface area contributed by atoms with Crippen LogP contribution in [0.1, 0.15) is 5.56 Å². The zero-order chi connectivity index (χ0) is 22.4. The van der Waals surface area contributed by atoms with Gasteiger partial charge in [-0.1, -0.05) is 11.6 Å². The van der Waals surface area contributed by atoms with Crippen LogP contribution in [0.2, 0.25) is 5.02 Å². The summed E-state index contributed by atoms with van der Waals surface area (Å²) in [5, 5.41) is 2.59. The van der Waals surface area contributed by atoms with Crippen LogP contribution < -0.4 is 15.6 Å². The van der Waals surface area contributed by atoms with E-state index in [9.17, 15) is 22.0 Å². The van der Waals surface area contributed by atoms with Crippen LogP contribution in [0.4, 0.5) is 25.8 Å². The van der Waals surface area contributed by atoms with Crippen LogP contribution >= 0.6 is 11.6 Å². The normalized spacial score (nSPS) is 11.9. The van der Waals surface area contributed by atoms with Crippen molar-refractivity contribution in [1.82, 2.24) is 13.9 Å². The molecule has 0 aliphatic heterocycles. The minimum atomic E-state index is -4.01. The van der Waals surface area contributed by atoms with Crippen molar-refractivity contribution in [3.8, 4) is 0 Å². The van der Waals surface area contributed by atoms with Crippen LogP contribution in [-0.2, 0) is 17.3 Å². The van der Waals surface area contributed by atoms with Gasteiger partial charge in [0.2, 0.25) is 0 Å². The average Bonchev–Trinajstić information content (AvgIpc) is 2.67. The molecular formula is C18H18ClF2N5O3S. The van der Waals surface area contributed by atoms with Gasteiger partial charge in [0.1, 0.15) is 0 Å². The first-order valence-corrected chi connectivity index (χ1v) is 10.4. The molecule has 0 unspecified atom stereocenters. The lowest BCUT2D eigenvalue weighted by Crippen LogP contribution is -2.29. The number of halogens is 3. The molecule has 2 aromatic carbocycles. The lowest BCUT2D eigenvalue weighted by atomic mass is 10.1. The number of fused-ring (bicyclic) bond motifs is 1. The highest BCUT2D eigenvalue weighted by Crippen LogP contribution is 2.38. The quantitative estimate of drug-likeness (QED) is 0.574. The standard InChI is InChI=1S/C18H18ClF2N5O3S/c1-9-11(5-6-12-14(9)18(27)26(4)8-22-12)23-17-15(19)13(7-10(20)16(17)21)24-30(28,29)25(2)3/h5-8,23-24H,1-4H3. The van der Waals surface area contributed by atoms with E-state index in [2.05, 4.69) is 15.0 Å². The summed E-state index contributed by atoms with van der Waals surface area (Å²) in [5.74, 6) is -2.61. The number of aromatic nitrogens is 2. The smallest absolute Gasteiger partial charge is 0.301 e. The first-order valence-electron chi connectivity index (χ1n) is 8.53. The highest BCUT2D eigenvalue weighted by atomic mass is 35.5. The third-order valence-electron chi connectivity index (χ3n) is 4.48. The van der Waals surface area contributed by atoms with Gasteiger partial charge in [-0.2, -0.15) is 12.7 Å². The average molecular weight is 458 g/mol. The van der Waals surface area contributed by atoms with Crippen LogP contribution in [0.3, 0.4) is 0 Å². The number of nitrogens with zero attached hydrogens (tertiary/aromatic N) is 3. The Morgan fingerprint density at radius 3 is 2.50 bits per heavy atom. The monoisotopic (exact) mass is 457 g/mol. The Kier molecular flexibility index (Phi) is 5.72. The van der Waals surface area contributed by atoms with Gasteiger partial charge in [-0.25, -0.2) is 13.8 Å². The number of hydrogen-bond donors (Lipinski definition) is 2. The van der Waals surface area contributed by atoms with E-state index in [0.717, 1.165) is 4.31 Å². The fraction of sp³-hybridized carbons (Fsp3) is 0.222. The summed E-state index contributed by atoms with van der Waals surface area (Å²) in [5.41, 5.74) is 0.0219.